The predicted octanol–water partition coefficient (Wildman–Crippen LogP) is 4.95. The van der Waals surface area contributed by atoms with Crippen molar-refractivity contribution in [1.29, 1.82) is 0 Å². The zero-order valence-corrected chi connectivity index (χ0v) is 9.77. The van der Waals surface area contributed by atoms with Crippen molar-refractivity contribution in [3.8, 4) is 0 Å². The Labute approximate surface area is 97.5 Å². The largest absolute Gasteiger partial charge is 0.135 e. The summed E-state index contributed by atoms with van der Waals surface area (Å²) in [7, 11) is 0. The molecule has 4 aromatic rings. The van der Waals surface area contributed by atoms with Gasteiger partial charge < -0.3 is 0 Å². The minimum Gasteiger partial charge on any atom is -0.135 e. The monoisotopic (exact) mass is 222 g/mol. The summed E-state index contributed by atoms with van der Waals surface area (Å²) in [5, 5.41) is 5.68. The maximum absolute atomic E-state index is 2.30. The molecule has 0 N–H and O–H groups in total. The van der Waals surface area contributed by atoms with Gasteiger partial charge >= 0.3 is 0 Å². The molecule has 76 valence electrons. The third kappa shape index (κ3) is 0.896. The van der Waals surface area contributed by atoms with E-state index in [2.05, 4.69) is 49.4 Å². The first-order valence-corrected chi connectivity index (χ1v) is 6.29. The Hall–Kier alpha value is -1.60. The van der Waals surface area contributed by atoms with Crippen LogP contribution in [-0.4, -0.2) is 0 Å². The SMILES string of the molecule is Cc1cc2cccc3sc4cccc1c4c23. The zero-order chi connectivity index (χ0) is 10.7. The molecule has 0 aliphatic carbocycles. The topological polar surface area (TPSA) is 0 Å². The maximum atomic E-state index is 2.30. The van der Waals surface area contributed by atoms with E-state index < -0.39 is 0 Å². The summed E-state index contributed by atoms with van der Waals surface area (Å²) < 4.78 is 2.82. The van der Waals surface area contributed by atoms with E-state index in [1.807, 2.05) is 11.3 Å². The lowest BCUT2D eigenvalue weighted by Crippen LogP contribution is -1.80. The molecule has 0 fully saturated rings. The summed E-state index contributed by atoms with van der Waals surface area (Å²) in [4.78, 5) is 0. The molecule has 0 saturated carbocycles. The van der Waals surface area contributed by atoms with Crippen LogP contribution < -0.4 is 0 Å². The molecule has 0 aliphatic rings. The Morgan fingerprint density at radius 1 is 0.875 bits per heavy atom. The second-order valence-electron chi connectivity index (χ2n) is 4.33. The lowest BCUT2D eigenvalue weighted by Gasteiger charge is -2.05. The third-order valence-electron chi connectivity index (χ3n) is 3.35. The average Bonchev–Trinajstić information content (AvgIpc) is 2.67. The van der Waals surface area contributed by atoms with Gasteiger partial charge in [0.25, 0.3) is 0 Å². The van der Waals surface area contributed by atoms with Crippen LogP contribution in [0.3, 0.4) is 0 Å². The van der Waals surface area contributed by atoms with Crippen molar-refractivity contribution in [2.75, 3.05) is 0 Å². The Morgan fingerprint density at radius 3 is 2.50 bits per heavy atom. The van der Waals surface area contributed by atoms with E-state index in [1.54, 1.807) is 0 Å². The minimum absolute atomic E-state index is 1.37. The molecule has 0 spiro atoms. The molecule has 4 rings (SSSR count). The van der Waals surface area contributed by atoms with Gasteiger partial charge in [0.1, 0.15) is 0 Å². The van der Waals surface area contributed by atoms with Crippen LogP contribution in [0.15, 0.2) is 42.5 Å². The van der Waals surface area contributed by atoms with Crippen LogP contribution in [0.5, 0.6) is 0 Å². The molecule has 0 bridgehead atoms. The Morgan fingerprint density at radius 2 is 1.62 bits per heavy atom. The molecule has 0 atom stereocenters. The van der Waals surface area contributed by atoms with Crippen LogP contribution >= 0.6 is 11.3 Å². The van der Waals surface area contributed by atoms with Gasteiger partial charge in [0, 0.05) is 20.2 Å². The molecule has 1 aromatic heterocycles. The lowest BCUT2D eigenvalue weighted by atomic mass is 9.98. The van der Waals surface area contributed by atoms with E-state index in [-0.39, 0.29) is 0 Å². The van der Waals surface area contributed by atoms with E-state index in [9.17, 15) is 0 Å². The molecular formula is C15H10S. The van der Waals surface area contributed by atoms with E-state index in [4.69, 9.17) is 0 Å². The zero-order valence-electron chi connectivity index (χ0n) is 8.95. The van der Waals surface area contributed by atoms with Crippen molar-refractivity contribution in [2.45, 2.75) is 6.92 Å². The van der Waals surface area contributed by atoms with Crippen molar-refractivity contribution in [1.82, 2.24) is 0 Å². The summed E-state index contributed by atoms with van der Waals surface area (Å²) in [6.07, 6.45) is 0. The first-order chi connectivity index (χ1) is 7.84. The lowest BCUT2D eigenvalue weighted by molar-refractivity contribution is 1.57. The molecule has 0 nitrogen and oxygen atoms in total. The van der Waals surface area contributed by atoms with Crippen LogP contribution in [0.25, 0.3) is 30.9 Å². The van der Waals surface area contributed by atoms with Crippen LogP contribution in [0.1, 0.15) is 5.56 Å². The first kappa shape index (κ1) is 8.54. The molecule has 0 radical (unpaired) electrons. The van der Waals surface area contributed by atoms with E-state index >= 15 is 0 Å². The fraction of sp³-hybridized carbons (Fsp3) is 0.0667. The van der Waals surface area contributed by atoms with Gasteiger partial charge in [-0.25, -0.2) is 0 Å². The van der Waals surface area contributed by atoms with Gasteiger partial charge in [-0.1, -0.05) is 30.3 Å². The average molecular weight is 222 g/mol. The molecular weight excluding hydrogens is 212 g/mol. The smallest absolute Gasteiger partial charge is 0.0361 e. The summed E-state index contributed by atoms with van der Waals surface area (Å²) in [5.41, 5.74) is 1.38. The quantitative estimate of drug-likeness (QED) is 0.369. The number of thiophene rings is 1. The van der Waals surface area contributed by atoms with Crippen molar-refractivity contribution < 1.29 is 0 Å². The summed E-state index contributed by atoms with van der Waals surface area (Å²) in [6, 6.07) is 15.5. The van der Waals surface area contributed by atoms with E-state index in [0.29, 0.717) is 0 Å². The molecule has 3 aromatic carbocycles. The number of rotatable bonds is 0. The van der Waals surface area contributed by atoms with Crippen molar-refractivity contribution in [3.63, 3.8) is 0 Å². The van der Waals surface area contributed by atoms with Gasteiger partial charge in [0.15, 0.2) is 0 Å². The van der Waals surface area contributed by atoms with Gasteiger partial charge in [0.2, 0.25) is 0 Å². The van der Waals surface area contributed by atoms with Crippen LogP contribution in [0.4, 0.5) is 0 Å². The molecule has 16 heavy (non-hydrogen) atoms. The fourth-order valence-electron chi connectivity index (χ4n) is 2.65. The van der Waals surface area contributed by atoms with E-state index in [1.165, 1.54) is 36.5 Å². The van der Waals surface area contributed by atoms with Crippen LogP contribution in [-0.2, 0) is 0 Å². The molecule has 0 unspecified atom stereocenters. The molecule has 1 heterocycles. The normalized spacial score (nSPS) is 12.1. The van der Waals surface area contributed by atoms with Crippen molar-refractivity contribution in [3.05, 3.63) is 48.0 Å². The molecule has 0 amide bonds. The first-order valence-electron chi connectivity index (χ1n) is 5.47. The number of benzene rings is 3. The van der Waals surface area contributed by atoms with Gasteiger partial charge in [0.05, 0.1) is 0 Å². The van der Waals surface area contributed by atoms with Gasteiger partial charge in [-0.05, 0) is 35.4 Å². The Balaban J connectivity index is 2.53. The highest BCUT2D eigenvalue weighted by Crippen LogP contribution is 2.41. The van der Waals surface area contributed by atoms with Gasteiger partial charge in [-0.3, -0.25) is 0 Å². The van der Waals surface area contributed by atoms with Gasteiger partial charge in [-0.2, -0.15) is 0 Å². The number of hydrogen-bond acceptors (Lipinski definition) is 1. The highest BCUT2D eigenvalue weighted by atomic mass is 32.1. The Bertz CT molecular complexity index is 808. The second-order valence-corrected chi connectivity index (χ2v) is 5.41. The van der Waals surface area contributed by atoms with Crippen molar-refractivity contribution in [2.24, 2.45) is 0 Å². The predicted molar refractivity (Wildman–Crippen MR) is 72.8 cm³/mol. The minimum atomic E-state index is 1.37. The fourth-order valence-corrected chi connectivity index (χ4v) is 3.82. The number of aryl methyl sites for hydroxylation is 1. The standard InChI is InChI=1S/C15H10S/c1-9-8-10-4-2-6-12-14(10)15-11(9)5-3-7-13(15)16-12/h2-8H,1H3. The van der Waals surface area contributed by atoms with Crippen LogP contribution in [0.2, 0.25) is 0 Å². The third-order valence-corrected chi connectivity index (χ3v) is 4.47. The summed E-state index contributed by atoms with van der Waals surface area (Å²) in [5.74, 6) is 0. The Kier molecular flexibility index (Phi) is 1.46. The highest BCUT2D eigenvalue weighted by molar-refractivity contribution is 7.26. The van der Waals surface area contributed by atoms with E-state index in [0.717, 1.165) is 0 Å². The summed E-state index contributed by atoms with van der Waals surface area (Å²) >= 11 is 1.90. The highest BCUT2D eigenvalue weighted by Gasteiger charge is 2.11. The maximum Gasteiger partial charge on any atom is 0.0361 e. The van der Waals surface area contributed by atoms with Crippen LogP contribution in [0, 0.1) is 6.92 Å². The molecule has 0 aliphatic heterocycles. The van der Waals surface area contributed by atoms with Crippen molar-refractivity contribution >= 4 is 42.3 Å². The second kappa shape index (κ2) is 2.74. The molecule has 0 saturated heterocycles. The van der Waals surface area contributed by atoms with Gasteiger partial charge in [-0.15, -0.1) is 11.3 Å². The summed E-state index contributed by atoms with van der Waals surface area (Å²) in [6.45, 7) is 2.20. The number of hydrogen-bond donors (Lipinski definition) is 0. The molecule has 1 heteroatoms.